The Balaban J connectivity index is 1.32. The number of Topliss-reactive ketones (excluding diaryl/α,β-unsaturated/α-hetero) is 1. The number of hydrogen-bond donors (Lipinski definition) is 0. The summed E-state index contributed by atoms with van der Waals surface area (Å²) in [6, 6.07) is 13.2. The lowest BCUT2D eigenvalue weighted by atomic mass is 9.91. The van der Waals surface area contributed by atoms with Crippen molar-refractivity contribution >= 4 is 11.9 Å². The third-order valence-electron chi connectivity index (χ3n) is 7.41. The van der Waals surface area contributed by atoms with E-state index in [1.54, 1.807) is 0 Å². The van der Waals surface area contributed by atoms with E-state index in [0.29, 0.717) is 6.42 Å². The molecule has 158 valence electrons. The first kappa shape index (κ1) is 20.2. The van der Waals surface area contributed by atoms with Crippen molar-refractivity contribution in [2.75, 3.05) is 0 Å². The van der Waals surface area contributed by atoms with Crippen molar-refractivity contribution in [1.82, 2.24) is 0 Å². The number of benzene rings is 2. The van der Waals surface area contributed by atoms with Crippen molar-refractivity contribution < 1.29 is 4.79 Å². The van der Waals surface area contributed by atoms with Gasteiger partial charge in [0, 0.05) is 12.0 Å². The van der Waals surface area contributed by atoms with Gasteiger partial charge in [-0.1, -0.05) is 80.3 Å². The molecule has 1 nitrogen and oxygen atoms in total. The van der Waals surface area contributed by atoms with Crippen LogP contribution < -0.4 is 0 Å². The third kappa shape index (κ3) is 4.11. The second kappa shape index (κ2) is 8.46. The molecule has 0 N–H and O–H groups in total. The van der Waals surface area contributed by atoms with E-state index in [-0.39, 0.29) is 5.78 Å². The van der Waals surface area contributed by atoms with Crippen LogP contribution in [0.3, 0.4) is 0 Å². The van der Waals surface area contributed by atoms with Gasteiger partial charge in [-0.2, -0.15) is 0 Å². The van der Waals surface area contributed by atoms with Crippen LogP contribution in [0.5, 0.6) is 0 Å². The van der Waals surface area contributed by atoms with Crippen LogP contribution in [-0.4, -0.2) is 5.78 Å². The van der Waals surface area contributed by atoms with E-state index in [1.165, 1.54) is 65.5 Å². The summed E-state index contributed by atoms with van der Waals surface area (Å²) in [6.45, 7) is 4.08. The molecule has 0 radical (unpaired) electrons. The topological polar surface area (TPSA) is 17.1 Å². The Labute approximate surface area is 186 Å². The van der Waals surface area contributed by atoms with Crippen LogP contribution in [-0.2, 0) is 12.8 Å². The largest absolute Gasteiger partial charge is 0.294 e. The van der Waals surface area contributed by atoms with Gasteiger partial charge >= 0.3 is 0 Å². The number of carbonyl (C=O) groups is 1. The Bertz CT molecular complexity index is 1100. The zero-order valence-electron chi connectivity index (χ0n) is 18.8. The fraction of sp³-hybridized carbons (Fsp3) is 0.367. The molecule has 0 atom stereocenters. The van der Waals surface area contributed by atoms with E-state index in [9.17, 15) is 4.79 Å². The predicted octanol–water partition coefficient (Wildman–Crippen LogP) is 7.51. The molecule has 2 aromatic carbocycles. The lowest BCUT2D eigenvalue weighted by Crippen LogP contribution is -2.07. The number of hydrogen-bond acceptors (Lipinski definition) is 1. The van der Waals surface area contributed by atoms with Crippen molar-refractivity contribution in [2.24, 2.45) is 5.92 Å². The first-order chi connectivity index (χ1) is 15.1. The summed E-state index contributed by atoms with van der Waals surface area (Å²) in [5, 5.41) is 0. The highest BCUT2D eigenvalue weighted by molar-refractivity contribution is 6.01. The fourth-order valence-electron chi connectivity index (χ4n) is 5.81. The lowest BCUT2D eigenvalue weighted by Gasteiger charge is -2.12. The van der Waals surface area contributed by atoms with Gasteiger partial charge in [0.05, 0.1) is 0 Å². The van der Waals surface area contributed by atoms with Crippen LogP contribution in [0.2, 0.25) is 0 Å². The number of rotatable bonds is 6. The van der Waals surface area contributed by atoms with Crippen LogP contribution in [0.25, 0.3) is 6.08 Å². The maximum absolute atomic E-state index is 13.1. The average Bonchev–Trinajstić information content (AvgIpc) is 3.48. The Morgan fingerprint density at radius 1 is 1.00 bits per heavy atom. The molecule has 0 spiro atoms. The van der Waals surface area contributed by atoms with Crippen molar-refractivity contribution in [3.8, 4) is 0 Å². The van der Waals surface area contributed by atoms with Gasteiger partial charge < -0.3 is 0 Å². The number of fused-ring (bicyclic) bond motifs is 1. The zero-order chi connectivity index (χ0) is 21.4. The standard InChI is InChI=1S/C30H32O/c1-20-7-5-8-21(2)30(20)29(31)19-25-11-6-12-28(25)27-17-24-14-13-23(16-26(24)18-27)15-22-9-3-4-10-22/h5,7-8,11-14,16,18,22H,3-4,6,9-10,15,17,19H2,1-2H3. The SMILES string of the molecule is Cc1cccc(C)c1C(=O)CC1=CCC=C1C1=Cc2cc(CC3CCCC3)ccc2C1. The maximum Gasteiger partial charge on any atom is 0.167 e. The van der Waals surface area contributed by atoms with Gasteiger partial charge in [0.1, 0.15) is 0 Å². The minimum absolute atomic E-state index is 0.240. The minimum atomic E-state index is 0.240. The minimum Gasteiger partial charge on any atom is -0.294 e. The molecule has 0 bridgehead atoms. The van der Waals surface area contributed by atoms with E-state index in [1.807, 2.05) is 32.0 Å². The Morgan fingerprint density at radius 3 is 2.55 bits per heavy atom. The van der Waals surface area contributed by atoms with Crippen molar-refractivity contribution in [3.63, 3.8) is 0 Å². The molecular formula is C30H32O. The Hall–Kier alpha value is -2.67. The molecule has 5 rings (SSSR count). The number of aryl methyl sites for hydroxylation is 2. The molecule has 0 aromatic heterocycles. The van der Waals surface area contributed by atoms with Crippen LogP contribution >= 0.6 is 0 Å². The van der Waals surface area contributed by atoms with Gasteiger partial charge in [0.25, 0.3) is 0 Å². The van der Waals surface area contributed by atoms with Gasteiger partial charge in [-0.3, -0.25) is 4.79 Å². The van der Waals surface area contributed by atoms with Gasteiger partial charge in [-0.05, 0) is 83.6 Å². The van der Waals surface area contributed by atoms with Crippen LogP contribution in [0.15, 0.2) is 65.3 Å². The lowest BCUT2D eigenvalue weighted by molar-refractivity contribution is 0.0992. The number of carbonyl (C=O) groups excluding carboxylic acids is 1. The first-order valence-electron chi connectivity index (χ1n) is 11.9. The molecule has 1 fully saturated rings. The summed E-state index contributed by atoms with van der Waals surface area (Å²) in [5.41, 5.74) is 11.3. The first-order valence-corrected chi connectivity index (χ1v) is 11.9. The van der Waals surface area contributed by atoms with Crippen molar-refractivity contribution in [3.05, 3.63) is 98.7 Å². The van der Waals surface area contributed by atoms with Crippen molar-refractivity contribution in [1.29, 1.82) is 0 Å². The van der Waals surface area contributed by atoms with Gasteiger partial charge in [0.2, 0.25) is 0 Å². The normalized spacial score (nSPS) is 18.1. The van der Waals surface area contributed by atoms with Crippen LogP contribution in [0.1, 0.15) is 76.7 Å². The van der Waals surface area contributed by atoms with Crippen molar-refractivity contribution in [2.45, 2.75) is 65.2 Å². The summed E-state index contributed by atoms with van der Waals surface area (Å²) in [7, 11) is 0. The molecule has 0 unspecified atom stereocenters. The molecule has 2 aromatic rings. The number of ketones is 1. The Morgan fingerprint density at radius 2 is 1.77 bits per heavy atom. The summed E-state index contributed by atoms with van der Waals surface area (Å²) in [6.07, 6.45) is 16.2. The quantitative estimate of drug-likeness (QED) is 0.452. The fourth-order valence-corrected chi connectivity index (χ4v) is 5.81. The summed E-state index contributed by atoms with van der Waals surface area (Å²) >= 11 is 0. The molecule has 0 heterocycles. The maximum atomic E-state index is 13.1. The monoisotopic (exact) mass is 408 g/mol. The molecule has 0 saturated heterocycles. The van der Waals surface area contributed by atoms with E-state index in [2.05, 4.69) is 36.4 Å². The molecule has 0 aliphatic heterocycles. The summed E-state index contributed by atoms with van der Waals surface area (Å²) in [4.78, 5) is 13.1. The van der Waals surface area contributed by atoms with Crippen LogP contribution in [0, 0.1) is 19.8 Å². The van der Waals surface area contributed by atoms with E-state index in [0.717, 1.165) is 35.4 Å². The van der Waals surface area contributed by atoms with E-state index in [4.69, 9.17) is 0 Å². The molecule has 1 saturated carbocycles. The smallest absolute Gasteiger partial charge is 0.167 e. The van der Waals surface area contributed by atoms with Gasteiger partial charge in [0.15, 0.2) is 5.78 Å². The highest BCUT2D eigenvalue weighted by Gasteiger charge is 2.24. The summed E-state index contributed by atoms with van der Waals surface area (Å²) in [5.74, 6) is 1.12. The summed E-state index contributed by atoms with van der Waals surface area (Å²) < 4.78 is 0. The Kier molecular flexibility index (Phi) is 5.52. The van der Waals surface area contributed by atoms with E-state index >= 15 is 0 Å². The second-order valence-corrected chi connectivity index (χ2v) is 9.68. The molecule has 1 heteroatoms. The molecule has 3 aliphatic rings. The van der Waals surface area contributed by atoms with E-state index < -0.39 is 0 Å². The zero-order valence-corrected chi connectivity index (χ0v) is 18.8. The highest BCUT2D eigenvalue weighted by Crippen LogP contribution is 2.38. The van der Waals surface area contributed by atoms with Gasteiger partial charge in [-0.25, -0.2) is 0 Å². The second-order valence-electron chi connectivity index (χ2n) is 9.68. The average molecular weight is 409 g/mol. The van der Waals surface area contributed by atoms with Crippen LogP contribution in [0.4, 0.5) is 0 Å². The van der Waals surface area contributed by atoms with Gasteiger partial charge in [-0.15, -0.1) is 0 Å². The third-order valence-corrected chi connectivity index (χ3v) is 7.41. The predicted molar refractivity (Wildman–Crippen MR) is 129 cm³/mol. The highest BCUT2D eigenvalue weighted by atomic mass is 16.1. The molecule has 3 aliphatic carbocycles. The number of allylic oxidation sites excluding steroid dienone is 5. The molecule has 31 heavy (non-hydrogen) atoms. The molecular weight excluding hydrogens is 376 g/mol. The molecule has 0 amide bonds.